The number of carbonyl (C=O) groups is 3. The van der Waals surface area contributed by atoms with E-state index in [-0.39, 0.29) is 43.5 Å². The number of fused-ring (bicyclic) bond motifs is 1. The van der Waals surface area contributed by atoms with Crippen molar-refractivity contribution in [2.24, 2.45) is 0 Å². The lowest BCUT2D eigenvalue weighted by Crippen LogP contribution is -2.39. The van der Waals surface area contributed by atoms with Crippen molar-refractivity contribution in [1.82, 2.24) is 15.5 Å². The minimum absolute atomic E-state index is 0.00485. The molecule has 0 fully saturated rings. The van der Waals surface area contributed by atoms with Gasteiger partial charge in [-0.2, -0.15) is 0 Å². The van der Waals surface area contributed by atoms with Gasteiger partial charge in [-0.25, -0.2) is 4.79 Å². The average molecular weight is 410 g/mol. The predicted molar refractivity (Wildman–Crippen MR) is 113 cm³/mol. The van der Waals surface area contributed by atoms with Crippen LogP contribution in [-0.4, -0.2) is 42.9 Å². The molecular formula is C22H26N4O4. The lowest BCUT2D eigenvalue weighted by molar-refractivity contribution is -0.121. The van der Waals surface area contributed by atoms with E-state index in [0.717, 1.165) is 11.1 Å². The maximum absolute atomic E-state index is 12.2. The minimum atomic E-state index is -0.252. The molecule has 1 heterocycles. The van der Waals surface area contributed by atoms with Crippen LogP contribution < -0.4 is 20.7 Å². The number of hydrogen-bond acceptors (Lipinski definition) is 4. The number of urea groups is 1. The maximum atomic E-state index is 12.2. The van der Waals surface area contributed by atoms with Crippen molar-refractivity contribution in [3.8, 4) is 5.75 Å². The molecule has 0 radical (unpaired) electrons. The third kappa shape index (κ3) is 5.73. The summed E-state index contributed by atoms with van der Waals surface area (Å²) in [6.07, 6.45) is 0.167. The SMILES string of the molecule is CC(NC(=O)CCNC(=O)N(C)Cc1ccccc1)c1ccc2c(c1)NC(=O)CO2. The number of rotatable bonds is 7. The van der Waals surface area contributed by atoms with E-state index >= 15 is 0 Å². The zero-order chi connectivity index (χ0) is 21.5. The van der Waals surface area contributed by atoms with Crippen molar-refractivity contribution < 1.29 is 19.1 Å². The summed E-state index contributed by atoms with van der Waals surface area (Å²) in [5, 5.41) is 8.41. The van der Waals surface area contributed by atoms with Gasteiger partial charge in [-0.05, 0) is 30.2 Å². The van der Waals surface area contributed by atoms with Crippen molar-refractivity contribution in [3.63, 3.8) is 0 Å². The fourth-order valence-electron chi connectivity index (χ4n) is 3.11. The Labute approximate surface area is 175 Å². The topological polar surface area (TPSA) is 99.8 Å². The van der Waals surface area contributed by atoms with Gasteiger partial charge in [0.2, 0.25) is 5.91 Å². The number of carbonyl (C=O) groups excluding carboxylic acids is 3. The van der Waals surface area contributed by atoms with Crippen LogP contribution in [0.1, 0.15) is 30.5 Å². The molecule has 0 aliphatic carbocycles. The van der Waals surface area contributed by atoms with Gasteiger partial charge in [0, 0.05) is 26.6 Å². The van der Waals surface area contributed by atoms with Crippen molar-refractivity contribution in [2.75, 3.05) is 25.5 Å². The molecule has 30 heavy (non-hydrogen) atoms. The van der Waals surface area contributed by atoms with Gasteiger partial charge in [0.15, 0.2) is 6.61 Å². The molecule has 0 aromatic heterocycles. The highest BCUT2D eigenvalue weighted by atomic mass is 16.5. The van der Waals surface area contributed by atoms with Gasteiger partial charge in [-0.3, -0.25) is 9.59 Å². The molecule has 8 nitrogen and oxygen atoms in total. The third-order valence-electron chi connectivity index (χ3n) is 4.75. The van der Waals surface area contributed by atoms with Gasteiger partial charge in [0.05, 0.1) is 11.7 Å². The fraction of sp³-hybridized carbons (Fsp3) is 0.318. The highest BCUT2D eigenvalue weighted by Gasteiger charge is 2.18. The number of amides is 4. The van der Waals surface area contributed by atoms with Crippen LogP contribution in [0.4, 0.5) is 10.5 Å². The summed E-state index contributed by atoms with van der Waals surface area (Å²) in [6.45, 7) is 2.60. The molecule has 0 bridgehead atoms. The molecular weight excluding hydrogens is 384 g/mol. The van der Waals surface area contributed by atoms with Crippen LogP contribution in [0.2, 0.25) is 0 Å². The Morgan fingerprint density at radius 3 is 2.73 bits per heavy atom. The van der Waals surface area contributed by atoms with Crippen LogP contribution in [0.25, 0.3) is 0 Å². The fourth-order valence-corrected chi connectivity index (χ4v) is 3.11. The first-order valence-corrected chi connectivity index (χ1v) is 9.81. The Hall–Kier alpha value is -3.55. The van der Waals surface area contributed by atoms with E-state index in [9.17, 15) is 14.4 Å². The van der Waals surface area contributed by atoms with Crippen LogP contribution in [0.15, 0.2) is 48.5 Å². The third-order valence-corrected chi connectivity index (χ3v) is 4.75. The largest absolute Gasteiger partial charge is 0.482 e. The summed E-state index contributed by atoms with van der Waals surface area (Å²) in [5.74, 6) is 0.232. The summed E-state index contributed by atoms with van der Waals surface area (Å²) in [6, 6.07) is 14.6. The molecule has 3 N–H and O–H groups in total. The van der Waals surface area contributed by atoms with Crippen LogP contribution in [-0.2, 0) is 16.1 Å². The molecule has 158 valence electrons. The Morgan fingerprint density at radius 1 is 1.20 bits per heavy atom. The van der Waals surface area contributed by atoms with Gasteiger partial charge in [-0.15, -0.1) is 0 Å². The Bertz CT molecular complexity index is 917. The highest BCUT2D eigenvalue weighted by molar-refractivity contribution is 5.95. The predicted octanol–water partition coefficient (Wildman–Crippen LogP) is 2.43. The second-order valence-corrected chi connectivity index (χ2v) is 7.21. The van der Waals surface area contributed by atoms with Crippen molar-refractivity contribution in [1.29, 1.82) is 0 Å². The standard InChI is InChI=1S/C22H26N4O4/c1-15(17-8-9-19-18(12-17)25-21(28)14-30-19)24-20(27)10-11-23-22(29)26(2)13-16-6-4-3-5-7-16/h3-9,12,15H,10-11,13-14H2,1-2H3,(H,23,29)(H,24,27)(H,25,28). The van der Waals surface area contributed by atoms with Gasteiger partial charge >= 0.3 is 6.03 Å². The summed E-state index contributed by atoms with van der Waals surface area (Å²) >= 11 is 0. The monoisotopic (exact) mass is 410 g/mol. The minimum Gasteiger partial charge on any atom is -0.482 e. The zero-order valence-corrected chi connectivity index (χ0v) is 17.1. The molecule has 8 heteroatoms. The number of ether oxygens (including phenoxy) is 1. The van der Waals surface area contributed by atoms with Crippen molar-refractivity contribution >= 4 is 23.5 Å². The molecule has 2 aromatic carbocycles. The first kappa shape index (κ1) is 21.2. The van der Waals surface area contributed by atoms with Crippen molar-refractivity contribution in [2.45, 2.75) is 25.9 Å². The molecule has 1 aliphatic heterocycles. The lowest BCUT2D eigenvalue weighted by atomic mass is 10.1. The van der Waals surface area contributed by atoms with E-state index in [1.165, 1.54) is 0 Å². The second-order valence-electron chi connectivity index (χ2n) is 7.21. The smallest absolute Gasteiger partial charge is 0.317 e. The normalized spacial score (nSPS) is 13.3. The average Bonchev–Trinajstić information content (AvgIpc) is 2.73. The van der Waals surface area contributed by atoms with Crippen LogP contribution in [0, 0.1) is 0 Å². The molecule has 1 unspecified atom stereocenters. The summed E-state index contributed by atoms with van der Waals surface area (Å²) in [7, 11) is 1.71. The second kappa shape index (κ2) is 9.78. The van der Waals surface area contributed by atoms with E-state index in [1.807, 2.05) is 43.3 Å². The lowest BCUT2D eigenvalue weighted by Gasteiger charge is -2.21. The number of hydrogen-bond donors (Lipinski definition) is 3. The van der Waals surface area contributed by atoms with E-state index in [1.54, 1.807) is 24.1 Å². The Balaban J connectivity index is 1.42. The number of nitrogens with one attached hydrogen (secondary N) is 3. The van der Waals surface area contributed by atoms with Crippen LogP contribution in [0.5, 0.6) is 5.75 Å². The molecule has 1 aliphatic rings. The van der Waals surface area contributed by atoms with E-state index in [2.05, 4.69) is 16.0 Å². The van der Waals surface area contributed by atoms with Crippen LogP contribution in [0.3, 0.4) is 0 Å². The summed E-state index contributed by atoms with van der Waals surface area (Å²) in [4.78, 5) is 37.4. The molecule has 0 spiro atoms. The molecule has 1 atom stereocenters. The van der Waals surface area contributed by atoms with Gasteiger partial charge < -0.3 is 25.6 Å². The van der Waals surface area contributed by atoms with E-state index in [0.29, 0.717) is 18.0 Å². The van der Waals surface area contributed by atoms with Gasteiger partial charge in [0.25, 0.3) is 5.91 Å². The first-order chi connectivity index (χ1) is 14.4. The van der Waals surface area contributed by atoms with E-state index < -0.39 is 0 Å². The molecule has 0 saturated heterocycles. The number of benzene rings is 2. The quantitative estimate of drug-likeness (QED) is 0.653. The number of anilines is 1. The Morgan fingerprint density at radius 2 is 1.97 bits per heavy atom. The first-order valence-electron chi connectivity index (χ1n) is 9.81. The Kier molecular flexibility index (Phi) is 6.90. The van der Waals surface area contributed by atoms with Crippen molar-refractivity contribution in [3.05, 3.63) is 59.7 Å². The summed E-state index contributed by atoms with van der Waals surface area (Å²) in [5.41, 5.74) is 2.48. The summed E-state index contributed by atoms with van der Waals surface area (Å²) < 4.78 is 5.34. The molecule has 0 saturated carbocycles. The number of nitrogens with zero attached hydrogens (tertiary/aromatic N) is 1. The molecule has 4 amide bonds. The maximum Gasteiger partial charge on any atom is 0.317 e. The van der Waals surface area contributed by atoms with Gasteiger partial charge in [-0.1, -0.05) is 36.4 Å². The van der Waals surface area contributed by atoms with Gasteiger partial charge in [0.1, 0.15) is 5.75 Å². The zero-order valence-electron chi connectivity index (χ0n) is 17.1. The van der Waals surface area contributed by atoms with Crippen LogP contribution >= 0.6 is 0 Å². The highest BCUT2D eigenvalue weighted by Crippen LogP contribution is 2.30. The molecule has 3 rings (SSSR count). The van der Waals surface area contributed by atoms with E-state index in [4.69, 9.17) is 4.74 Å². The molecule has 2 aromatic rings.